The number of ether oxygens (including phenoxy) is 1. The van der Waals surface area contributed by atoms with Crippen molar-refractivity contribution in [2.45, 2.75) is 32.7 Å². The Kier molecular flexibility index (Phi) is 8.49. The Morgan fingerprint density at radius 3 is 2.64 bits per heavy atom. The van der Waals surface area contributed by atoms with E-state index in [4.69, 9.17) is 22.8 Å². The number of benzene rings is 1. The molecule has 6 nitrogen and oxygen atoms in total. The molecule has 0 aliphatic rings. The minimum atomic E-state index is -0.842. The summed E-state index contributed by atoms with van der Waals surface area (Å²) in [6.07, 6.45) is 8.51. The van der Waals surface area contributed by atoms with Crippen molar-refractivity contribution in [1.29, 1.82) is 0 Å². The minimum Gasteiger partial charge on any atom is -0.496 e. The molecule has 2 amide bonds. The van der Waals surface area contributed by atoms with Gasteiger partial charge in [0.2, 0.25) is 5.91 Å². The minimum absolute atomic E-state index is 0.0285. The highest BCUT2D eigenvalue weighted by atomic mass is 35.5. The Morgan fingerprint density at radius 1 is 1.43 bits per heavy atom. The molecule has 1 rings (SSSR count). The van der Waals surface area contributed by atoms with Crippen LogP contribution >= 0.6 is 11.6 Å². The van der Waals surface area contributed by atoms with E-state index >= 15 is 0 Å². The maximum atomic E-state index is 12.4. The van der Waals surface area contributed by atoms with Crippen molar-refractivity contribution >= 4 is 30.1 Å². The van der Waals surface area contributed by atoms with Crippen molar-refractivity contribution in [3.05, 3.63) is 52.3 Å². The molecule has 2 N–H and O–H groups in total. The van der Waals surface area contributed by atoms with E-state index in [9.17, 15) is 9.59 Å². The molecule has 0 heterocycles. The van der Waals surface area contributed by atoms with Gasteiger partial charge >= 0.3 is 0 Å². The van der Waals surface area contributed by atoms with Crippen LogP contribution in [0.1, 0.15) is 26.3 Å². The fourth-order valence-corrected chi connectivity index (χ4v) is 2.31. The first kappa shape index (κ1) is 23.0. The quantitative estimate of drug-likeness (QED) is 0.304. The average Bonchev–Trinajstić information content (AvgIpc) is 2.65. The van der Waals surface area contributed by atoms with Gasteiger partial charge in [-0.25, -0.2) is 0 Å². The van der Waals surface area contributed by atoms with Gasteiger partial charge in [0.1, 0.15) is 11.4 Å². The number of amides is 2. The maximum Gasteiger partial charge on any atom is 0.271 e. The highest BCUT2D eigenvalue weighted by Gasteiger charge is 2.19. The largest absolute Gasteiger partial charge is 0.496 e. The number of hydrogen-bond acceptors (Lipinski definition) is 4. The van der Waals surface area contributed by atoms with Crippen molar-refractivity contribution in [1.82, 2.24) is 10.6 Å². The van der Waals surface area contributed by atoms with Gasteiger partial charge in [-0.15, -0.1) is 6.42 Å². The van der Waals surface area contributed by atoms with E-state index in [0.717, 1.165) is 0 Å². The van der Waals surface area contributed by atoms with E-state index in [1.54, 1.807) is 45.0 Å². The molecule has 0 saturated carbocycles. The van der Waals surface area contributed by atoms with Crippen molar-refractivity contribution in [3.8, 4) is 18.1 Å². The summed E-state index contributed by atoms with van der Waals surface area (Å²) in [5, 5.41) is 5.90. The predicted octanol–water partition coefficient (Wildman–Crippen LogP) is 3.02. The van der Waals surface area contributed by atoms with Crippen LogP contribution in [-0.2, 0) is 16.0 Å². The summed E-state index contributed by atoms with van der Waals surface area (Å²) >= 11 is 5.93. The fourth-order valence-electron chi connectivity index (χ4n) is 2.15. The number of aliphatic imine (C=N–C) groups is 1. The molecule has 28 heavy (non-hydrogen) atoms. The summed E-state index contributed by atoms with van der Waals surface area (Å²) in [7, 11) is 1.51. The predicted molar refractivity (Wildman–Crippen MR) is 112 cm³/mol. The topological polar surface area (TPSA) is 79.8 Å². The number of carbonyl (C=O) groups is 2. The van der Waals surface area contributed by atoms with Crippen molar-refractivity contribution in [3.63, 3.8) is 0 Å². The summed E-state index contributed by atoms with van der Waals surface area (Å²) in [6.45, 7) is 8.49. The van der Waals surface area contributed by atoms with Gasteiger partial charge in [0.15, 0.2) is 0 Å². The summed E-state index contributed by atoms with van der Waals surface area (Å²) in [5.74, 6) is 2.20. The van der Waals surface area contributed by atoms with Gasteiger partial charge < -0.3 is 15.4 Å². The number of rotatable bonds is 8. The lowest BCUT2D eigenvalue weighted by Gasteiger charge is -2.19. The fraction of sp³-hybridized carbons (Fsp3) is 0.286. The molecule has 0 aromatic heterocycles. The van der Waals surface area contributed by atoms with Crippen LogP contribution in [0.2, 0.25) is 5.02 Å². The molecule has 0 radical (unpaired) electrons. The van der Waals surface area contributed by atoms with E-state index in [2.05, 4.69) is 28.3 Å². The van der Waals surface area contributed by atoms with Gasteiger partial charge in [-0.2, -0.15) is 0 Å². The van der Waals surface area contributed by atoms with E-state index in [1.807, 2.05) is 0 Å². The molecule has 0 atom stereocenters. The normalized spacial score (nSPS) is 12.0. The molecule has 148 valence electrons. The van der Waals surface area contributed by atoms with E-state index in [1.165, 1.54) is 13.2 Å². The smallest absolute Gasteiger partial charge is 0.271 e. The molecule has 0 unspecified atom stereocenters. The SMILES string of the molecule is C#CC(C)(C)NC(=O)/C(=C/C(=C\C)NC(=O)Cc1ccc(Cl)cc1OC)N=C. The zero-order chi connectivity index (χ0) is 21.3. The van der Waals surface area contributed by atoms with Crippen LogP contribution in [0.15, 0.2) is 46.7 Å². The van der Waals surface area contributed by atoms with Gasteiger partial charge in [-0.3, -0.25) is 14.6 Å². The summed E-state index contributed by atoms with van der Waals surface area (Å²) in [4.78, 5) is 28.4. The molecule has 0 aliphatic carbocycles. The van der Waals surface area contributed by atoms with E-state index in [0.29, 0.717) is 22.0 Å². The monoisotopic (exact) mass is 401 g/mol. The Hall–Kier alpha value is -3.04. The zero-order valence-corrected chi connectivity index (χ0v) is 17.2. The number of allylic oxidation sites excluding steroid dienone is 2. The molecule has 1 aromatic rings. The van der Waals surface area contributed by atoms with Crippen LogP contribution < -0.4 is 15.4 Å². The molecule has 0 saturated heterocycles. The first-order valence-electron chi connectivity index (χ1n) is 8.43. The third-order valence-electron chi connectivity index (χ3n) is 3.68. The third kappa shape index (κ3) is 6.93. The van der Waals surface area contributed by atoms with Crippen molar-refractivity contribution < 1.29 is 14.3 Å². The van der Waals surface area contributed by atoms with Crippen LogP contribution in [0.4, 0.5) is 0 Å². The number of terminal acetylenes is 1. The first-order valence-corrected chi connectivity index (χ1v) is 8.80. The second-order valence-electron chi connectivity index (χ2n) is 6.34. The number of nitrogens with zero attached hydrogens (tertiary/aromatic N) is 1. The van der Waals surface area contributed by atoms with Gasteiger partial charge in [0.25, 0.3) is 5.91 Å². The lowest BCUT2D eigenvalue weighted by Crippen LogP contribution is -2.42. The van der Waals surface area contributed by atoms with Gasteiger partial charge in [-0.1, -0.05) is 29.7 Å². The Morgan fingerprint density at radius 2 is 2.11 bits per heavy atom. The van der Waals surface area contributed by atoms with Crippen LogP contribution in [-0.4, -0.2) is 31.2 Å². The molecule has 1 aromatic carbocycles. The Balaban J connectivity index is 2.92. The van der Waals surface area contributed by atoms with E-state index < -0.39 is 11.4 Å². The van der Waals surface area contributed by atoms with E-state index in [-0.39, 0.29) is 18.0 Å². The summed E-state index contributed by atoms with van der Waals surface area (Å²) < 4.78 is 5.25. The highest BCUT2D eigenvalue weighted by molar-refractivity contribution is 6.30. The summed E-state index contributed by atoms with van der Waals surface area (Å²) in [5.41, 5.74) is 0.264. The van der Waals surface area contributed by atoms with Crippen LogP contribution in [0, 0.1) is 12.3 Å². The van der Waals surface area contributed by atoms with Gasteiger partial charge in [0, 0.05) is 16.3 Å². The van der Waals surface area contributed by atoms with Gasteiger partial charge in [0.05, 0.1) is 19.1 Å². The summed E-state index contributed by atoms with van der Waals surface area (Å²) in [6, 6.07) is 5.04. The number of halogens is 1. The van der Waals surface area contributed by atoms with Crippen molar-refractivity contribution in [2.75, 3.05) is 7.11 Å². The second kappa shape index (κ2) is 10.3. The Bertz CT molecular complexity index is 864. The average molecular weight is 402 g/mol. The maximum absolute atomic E-state index is 12.4. The lowest BCUT2D eigenvalue weighted by molar-refractivity contribution is -0.120. The lowest BCUT2D eigenvalue weighted by atomic mass is 10.1. The Labute approximate surface area is 170 Å². The van der Waals surface area contributed by atoms with Crippen molar-refractivity contribution in [2.24, 2.45) is 4.99 Å². The molecular weight excluding hydrogens is 378 g/mol. The molecular formula is C21H24ClN3O3. The third-order valence-corrected chi connectivity index (χ3v) is 3.91. The number of methoxy groups -OCH3 is 1. The first-order chi connectivity index (χ1) is 13.1. The van der Waals surface area contributed by atoms with Crippen LogP contribution in [0.3, 0.4) is 0 Å². The number of hydrogen-bond donors (Lipinski definition) is 2. The standard InChI is InChI=1S/C21H24ClN3O3/c1-7-16(13-17(23-5)20(27)25-21(3,4)8-2)24-19(26)11-14-9-10-15(22)12-18(14)28-6/h2,7,9-10,12-13H,5,11H2,1,3-4,6H3,(H,24,26)(H,25,27)/b16-7+,17-13-. The number of nitrogens with one attached hydrogen (secondary N) is 2. The molecule has 7 heteroatoms. The van der Waals surface area contributed by atoms with Crippen LogP contribution in [0.5, 0.6) is 5.75 Å². The highest BCUT2D eigenvalue weighted by Crippen LogP contribution is 2.23. The molecule has 0 fully saturated rings. The van der Waals surface area contributed by atoms with Gasteiger partial charge in [-0.05, 0) is 45.7 Å². The second-order valence-corrected chi connectivity index (χ2v) is 6.77. The zero-order valence-electron chi connectivity index (χ0n) is 16.4. The molecule has 0 aliphatic heterocycles. The van der Waals surface area contributed by atoms with Crippen LogP contribution in [0.25, 0.3) is 0 Å². The number of carbonyl (C=O) groups excluding carboxylic acids is 2. The molecule has 0 bridgehead atoms. The molecule has 0 spiro atoms.